The van der Waals surface area contributed by atoms with E-state index in [1.54, 1.807) is 49.4 Å². The number of amides is 1. The van der Waals surface area contributed by atoms with Gasteiger partial charge in [0.2, 0.25) is 5.91 Å². The molecule has 0 heterocycles. The molecule has 0 fully saturated rings. The number of anilines is 1. The molecule has 32 heavy (non-hydrogen) atoms. The van der Waals surface area contributed by atoms with Gasteiger partial charge in [-0.25, -0.2) is 13.2 Å². The first-order valence-corrected chi connectivity index (χ1v) is 11.5. The highest BCUT2D eigenvalue weighted by Gasteiger charge is 2.32. The van der Waals surface area contributed by atoms with Gasteiger partial charge < -0.3 is 14.8 Å². The average Bonchev–Trinajstić information content (AvgIpc) is 2.72. The summed E-state index contributed by atoms with van der Waals surface area (Å²) in [6.07, 6.45) is -0.156. The predicted octanol–water partition coefficient (Wildman–Crippen LogP) is 2.97. The van der Waals surface area contributed by atoms with Gasteiger partial charge in [0.15, 0.2) is 0 Å². The number of methoxy groups -OCH3 is 2. The zero-order valence-electron chi connectivity index (χ0n) is 19.3. The number of nitrogens with zero attached hydrogens (tertiary/aromatic N) is 1. The van der Waals surface area contributed by atoms with Gasteiger partial charge in [-0.15, -0.1) is 0 Å². The Balaban J connectivity index is 2.37. The second-order valence-corrected chi connectivity index (χ2v) is 9.79. The van der Waals surface area contributed by atoms with E-state index in [-0.39, 0.29) is 17.9 Å². The molecule has 1 amide bonds. The summed E-state index contributed by atoms with van der Waals surface area (Å²) in [6, 6.07) is 11.6. The van der Waals surface area contributed by atoms with E-state index in [4.69, 9.17) is 9.47 Å². The number of hydrogen-bond donors (Lipinski definition) is 1. The topological polar surface area (TPSA) is 102 Å². The molecule has 0 aromatic heterocycles. The number of ether oxygens (including phenoxy) is 2. The van der Waals surface area contributed by atoms with Crippen molar-refractivity contribution < 1.29 is 27.5 Å². The van der Waals surface area contributed by atoms with E-state index in [1.807, 2.05) is 6.92 Å². The van der Waals surface area contributed by atoms with Crippen LogP contribution in [0.2, 0.25) is 0 Å². The summed E-state index contributed by atoms with van der Waals surface area (Å²) >= 11 is 0. The summed E-state index contributed by atoms with van der Waals surface area (Å²) in [7, 11) is -1.21. The standard InChI is InChI=1S/C23H30N2O6S/c1-16-7-12-20(17(2)15-16)32(28,29)25(18-8-10-19(30-5)11-9-18)14-13-21(26)24-23(3,4)22(27)31-6/h7-12,15H,13-14H2,1-6H3,(H,24,26). The predicted molar refractivity (Wildman–Crippen MR) is 122 cm³/mol. The number of hydrogen-bond acceptors (Lipinski definition) is 6. The third-order valence-electron chi connectivity index (χ3n) is 4.95. The quantitative estimate of drug-likeness (QED) is 0.575. The number of rotatable bonds is 9. The molecule has 0 saturated heterocycles. The highest BCUT2D eigenvalue weighted by molar-refractivity contribution is 7.92. The Morgan fingerprint density at radius 2 is 1.66 bits per heavy atom. The molecule has 0 spiro atoms. The van der Waals surface area contributed by atoms with Gasteiger partial charge in [0.1, 0.15) is 11.3 Å². The zero-order valence-corrected chi connectivity index (χ0v) is 20.1. The van der Waals surface area contributed by atoms with Gasteiger partial charge in [0, 0.05) is 13.0 Å². The second-order valence-electron chi connectivity index (χ2n) is 7.96. The van der Waals surface area contributed by atoms with Crippen molar-refractivity contribution in [1.82, 2.24) is 5.32 Å². The van der Waals surface area contributed by atoms with E-state index in [0.717, 1.165) is 5.56 Å². The summed E-state index contributed by atoms with van der Waals surface area (Å²) in [5, 5.41) is 2.59. The van der Waals surface area contributed by atoms with Crippen LogP contribution in [0.1, 0.15) is 31.4 Å². The summed E-state index contributed by atoms with van der Waals surface area (Å²) in [6.45, 7) is 6.54. The van der Waals surface area contributed by atoms with Crippen LogP contribution in [0.5, 0.6) is 5.75 Å². The molecule has 9 heteroatoms. The molecule has 2 aromatic rings. The van der Waals surface area contributed by atoms with Gasteiger partial charge >= 0.3 is 5.97 Å². The highest BCUT2D eigenvalue weighted by atomic mass is 32.2. The van der Waals surface area contributed by atoms with Crippen LogP contribution in [0, 0.1) is 13.8 Å². The number of esters is 1. The van der Waals surface area contributed by atoms with E-state index in [0.29, 0.717) is 17.0 Å². The molecule has 0 atom stereocenters. The summed E-state index contributed by atoms with van der Waals surface area (Å²) in [5.74, 6) is -0.495. The number of aryl methyl sites for hydroxylation is 2. The maximum atomic E-state index is 13.6. The maximum absolute atomic E-state index is 13.6. The van der Waals surface area contributed by atoms with Crippen molar-refractivity contribution in [3.05, 3.63) is 53.6 Å². The Kier molecular flexibility index (Phi) is 7.90. The van der Waals surface area contributed by atoms with E-state index in [1.165, 1.54) is 32.4 Å². The minimum Gasteiger partial charge on any atom is -0.497 e. The van der Waals surface area contributed by atoms with Crippen LogP contribution in [-0.2, 0) is 24.3 Å². The molecular weight excluding hydrogens is 432 g/mol. The lowest BCUT2D eigenvalue weighted by Crippen LogP contribution is -2.51. The van der Waals surface area contributed by atoms with Crippen LogP contribution in [0.3, 0.4) is 0 Å². The number of nitrogens with one attached hydrogen (secondary N) is 1. The Morgan fingerprint density at radius 1 is 1.03 bits per heavy atom. The lowest BCUT2D eigenvalue weighted by Gasteiger charge is -2.27. The van der Waals surface area contributed by atoms with Crippen LogP contribution < -0.4 is 14.4 Å². The average molecular weight is 463 g/mol. The highest BCUT2D eigenvalue weighted by Crippen LogP contribution is 2.28. The molecule has 0 unspecified atom stereocenters. The lowest BCUT2D eigenvalue weighted by molar-refractivity contribution is -0.149. The molecule has 0 radical (unpaired) electrons. The Hall–Kier alpha value is -3.07. The molecule has 2 aromatic carbocycles. The van der Waals surface area contributed by atoms with Crippen molar-refractivity contribution in [2.24, 2.45) is 0 Å². The van der Waals surface area contributed by atoms with E-state index in [2.05, 4.69) is 5.32 Å². The van der Waals surface area contributed by atoms with Crippen LogP contribution >= 0.6 is 0 Å². The van der Waals surface area contributed by atoms with E-state index in [9.17, 15) is 18.0 Å². The van der Waals surface area contributed by atoms with Gasteiger partial charge in [0.05, 0.1) is 24.8 Å². The van der Waals surface area contributed by atoms with Crippen molar-refractivity contribution in [1.29, 1.82) is 0 Å². The molecule has 0 saturated carbocycles. The van der Waals surface area contributed by atoms with Crippen molar-refractivity contribution in [3.8, 4) is 5.75 Å². The molecular formula is C23H30N2O6S. The van der Waals surface area contributed by atoms with Crippen LogP contribution in [0.25, 0.3) is 0 Å². The van der Waals surface area contributed by atoms with E-state index < -0.39 is 27.4 Å². The van der Waals surface area contributed by atoms with Crippen molar-refractivity contribution in [2.75, 3.05) is 25.1 Å². The second kappa shape index (κ2) is 10.0. The van der Waals surface area contributed by atoms with Gasteiger partial charge in [-0.05, 0) is 63.6 Å². The SMILES string of the molecule is COC(=O)C(C)(C)NC(=O)CCN(c1ccc(OC)cc1)S(=O)(=O)c1ccc(C)cc1C. The molecule has 0 aliphatic carbocycles. The minimum atomic E-state index is -3.96. The molecule has 0 aliphatic rings. The van der Waals surface area contributed by atoms with Gasteiger partial charge in [-0.2, -0.15) is 0 Å². The monoisotopic (exact) mass is 462 g/mol. The third kappa shape index (κ3) is 5.79. The number of carbonyl (C=O) groups excluding carboxylic acids is 2. The fourth-order valence-electron chi connectivity index (χ4n) is 3.26. The lowest BCUT2D eigenvalue weighted by atomic mass is 10.1. The fourth-order valence-corrected chi connectivity index (χ4v) is 4.94. The third-order valence-corrected chi connectivity index (χ3v) is 6.94. The van der Waals surface area contributed by atoms with Crippen LogP contribution in [0.15, 0.2) is 47.4 Å². The Labute approximate surface area is 189 Å². The molecule has 1 N–H and O–H groups in total. The minimum absolute atomic E-state index is 0.120. The van der Waals surface area contributed by atoms with E-state index >= 15 is 0 Å². The molecule has 8 nitrogen and oxygen atoms in total. The zero-order chi connectivity index (χ0) is 24.1. The van der Waals surface area contributed by atoms with Crippen molar-refractivity contribution in [2.45, 2.75) is 44.6 Å². The van der Waals surface area contributed by atoms with Crippen molar-refractivity contribution >= 4 is 27.6 Å². The number of benzene rings is 2. The van der Waals surface area contributed by atoms with Gasteiger partial charge in [-0.3, -0.25) is 9.10 Å². The fraction of sp³-hybridized carbons (Fsp3) is 0.391. The largest absolute Gasteiger partial charge is 0.497 e. The summed E-state index contributed by atoms with van der Waals surface area (Å²) in [5.41, 5.74) is 0.718. The number of sulfonamides is 1. The first-order valence-electron chi connectivity index (χ1n) is 10.1. The first kappa shape index (κ1) is 25.2. The summed E-state index contributed by atoms with van der Waals surface area (Å²) in [4.78, 5) is 24.5. The van der Waals surface area contributed by atoms with Gasteiger partial charge in [0.25, 0.3) is 10.0 Å². The van der Waals surface area contributed by atoms with Crippen LogP contribution in [-0.4, -0.2) is 46.6 Å². The smallest absolute Gasteiger partial charge is 0.330 e. The normalized spacial score (nSPS) is 11.6. The van der Waals surface area contributed by atoms with Gasteiger partial charge in [-0.1, -0.05) is 17.7 Å². The molecule has 0 bridgehead atoms. The molecule has 0 aliphatic heterocycles. The first-order chi connectivity index (χ1) is 14.9. The van der Waals surface area contributed by atoms with Crippen LogP contribution in [0.4, 0.5) is 5.69 Å². The number of carbonyl (C=O) groups is 2. The summed E-state index contributed by atoms with van der Waals surface area (Å²) < 4.78 is 38.2. The molecule has 2 rings (SSSR count). The van der Waals surface area contributed by atoms with Crippen molar-refractivity contribution in [3.63, 3.8) is 0 Å². The Bertz CT molecular complexity index is 1080. The maximum Gasteiger partial charge on any atom is 0.330 e. The molecule has 174 valence electrons. The Morgan fingerprint density at radius 3 is 2.19 bits per heavy atom.